The van der Waals surface area contributed by atoms with Gasteiger partial charge in [0.15, 0.2) is 5.11 Å². The maximum absolute atomic E-state index is 13.0. The molecule has 1 atom stereocenters. The molecule has 1 fully saturated rings. The number of nitrogens with zero attached hydrogens (tertiary/aromatic N) is 4. The first kappa shape index (κ1) is 22.3. The van der Waals surface area contributed by atoms with Gasteiger partial charge in [0.05, 0.1) is 11.4 Å². The van der Waals surface area contributed by atoms with Crippen LogP contribution in [0.2, 0.25) is 0 Å². The fraction of sp³-hybridized carbons (Fsp3) is 0.304. The summed E-state index contributed by atoms with van der Waals surface area (Å²) >= 11 is 9.65. The summed E-state index contributed by atoms with van der Waals surface area (Å²) in [6, 6.07) is 14.3. The van der Waals surface area contributed by atoms with Crippen LogP contribution in [-0.4, -0.2) is 42.9 Å². The summed E-state index contributed by atoms with van der Waals surface area (Å²) in [5.74, 6) is 0.959. The molecule has 1 aliphatic rings. The number of nitrogens with one attached hydrogen (secondary N) is 1. The number of thiol groups is 1. The Hall–Kier alpha value is -2.91. The van der Waals surface area contributed by atoms with E-state index in [0.717, 1.165) is 54.1 Å². The van der Waals surface area contributed by atoms with Crippen molar-refractivity contribution in [2.75, 3.05) is 10.7 Å². The van der Waals surface area contributed by atoms with Crippen LogP contribution in [0.1, 0.15) is 23.2 Å². The smallest absolute Gasteiger partial charge is 0.256 e. The first-order chi connectivity index (χ1) is 15.5. The lowest BCUT2D eigenvalue weighted by molar-refractivity contribution is -0.118. The summed E-state index contributed by atoms with van der Waals surface area (Å²) in [6.07, 6.45) is 5.10. The molecule has 1 amide bonds. The molecular weight excluding hydrogens is 442 g/mol. The van der Waals surface area contributed by atoms with Gasteiger partial charge in [0.2, 0.25) is 0 Å². The third-order valence-corrected chi connectivity index (χ3v) is 6.01. The number of amides is 1. The fourth-order valence-electron chi connectivity index (χ4n) is 3.66. The number of carbonyl (C=O) groups is 1. The number of benzene rings is 2. The fourth-order valence-corrected chi connectivity index (χ4v) is 4.14. The average Bonchev–Trinajstić information content (AvgIpc) is 3.36. The highest BCUT2D eigenvalue weighted by Crippen LogP contribution is 2.23. The topological polar surface area (TPSA) is 83.3 Å². The van der Waals surface area contributed by atoms with Crippen LogP contribution in [0.15, 0.2) is 54.7 Å². The number of hydrogen-bond donors (Lipinski definition) is 3. The van der Waals surface area contributed by atoms with Crippen LogP contribution < -0.4 is 10.2 Å². The van der Waals surface area contributed by atoms with Crippen LogP contribution in [0, 0.1) is 0 Å². The molecule has 0 radical (unpaired) electrons. The van der Waals surface area contributed by atoms with Crippen LogP contribution in [-0.2, 0) is 30.6 Å². The van der Waals surface area contributed by atoms with Crippen molar-refractivity contribution in [1.82, 2.24) is 20.3 Å². The van der Waals surface area contributed by atoms with Gasteiger partial charge in [-0.25, -0.2) is 0 Å². The van der Waals surface area contributed by atoms with Gasteiger partial charge in [-0.3, -0.25) is 14.4 Å². The van der Waals surface area contributed by atoms with E-state index in [2.05, 4.69) is 28.3 Å². The number of phenolic OH excluding ortho intramolecular Hbond substituents is 1. The molecular formula is C23H25N5O2S2. The van der Waals surface area contributed by atoms with Gasteiger partial charge in [-0.05, 0) is 72.6 Å². The number of aromatic nitrogens is 3. The first-order valence-corrected chi connectivity index (χ1v) is 11.6. The Morgan fingerprint density at radius 1 is 1.06 bits per heavy atom. The maximum atomic E-state index is 13.0. The Kier molecular flexibility index (Phi) is 7.06. The predicted octanol–water partition coefficient (Wildman–Crippen LogP) is 2.92. The van der Waals surface area contributed by atoms with E-state index in [0.29, 0.717) is 11.5 Å². The molecule has 2 heterocycles. The van der Waals surface area contributed by atoms with Gasteiger partial charge in [0.25, 0.3) is 5.91 Å². The van der Waals surface area contributed by atoms with E-state index in [1.807, 2.05) is 47.3 Å². The van der Waals surface area contributed by atoms with Gasteiger partial charge < -0.3 is 10.4 Å². The van der Waals surface area contributed by atoms with Crippen molar-refractivity contribution in [1.29, 1.82) is 0 Å². The molecule has 7 nitrogen and oxygen atoms in total. The molecule has 0 aliphatic carbocycles. The molecule has 9 heteroatoms. The molecule has 0 spiro atoms. The van der Waals surface area contributed by atoms with Gasteiger partial charge in [-0.15, -0.1) is 5.10 Å². The largest absolute Gasteiger partial charge is 0.508 e. The minimum Gasteiger partial charge on any atom is -0.508 e. The van der Waals surface area contributed by atoms with Crippen molar-refractivity contribution in [3.8, 4) is 5.75 Å². The molecule has 1 aromatic heterocycles. The summed E-state index contributed by atoms with van der Waals surface area (Å²) in [4.78, 5) is 14.5. The van der Waals surface area contributed by atoms with Gasteiger partial charge >= 0.3 is 0 Å². The van der Waals surface area contributed by atoms with Crippen LogP contribution in [0.3, 0.4) is 0 Å². The van der Waals surface area contributed by atoms with Crippen LogP contribution in [0.25, 0.3) is 0 Å². The van der Waals surface area contributed by atoms with Crippen molar-refractivity contribution in [2.24, 2.45) is 0 Å². The molecule has 166 valence electrons. The second-order valence-corrected chi connectivity index (χ2v) is 8.60. The van der Waals surface area contributed by atoms with E-state index >= 15 is 0 Å². The zero-order valence-electron chi connectivity index (χ0n) is 17.5. The predicted molar refractivity (Wildman–Crippen MR) is 131 cm³/mol. The van der Waals surface area contributed by atoms with Crippen molar-refractivity contribution in [2.45, 2.75) is 38.3 Å². The molecule has 1 aliphatic heterocycles. The number of thiocarbonyl (C=S) groups is 1. The zero-order chi connectivity index (χ0) is 22.5. The molecule has 4 rings (SSSR count). The molecule has 2 N–H and O–H groups in total. The average molecular weight is 468 g/mol. The Bertz CT molecular complexity index is 1080. The Balaban J connectivity index is 1.35. The zero-order valence-corrected chi connectivity index (χ0v) is 19.2. The minimum absolute atomic E-state index is 0.0753. The third-order valence-electron chi connectivity index (χ3n) is 5.39. The number of aromatic hydroxyl groups is 1. The lowest BCUT2D eigenvalue weighted by atomic mass is 10.1. The van der Waals surface area contributed by atoms with Gasteiger partial charge in [0.1, 0.15) is 11.8 Å². The lowest BCUT2D eigenvalue weighted by Gasteiger charge is -2.15. The summed E-state index contributed by atoms with van der Waals surface area (Å²) in [5, 5.41) is 21.3. The summed E-state index contributed by atoms with van der Waals surface area (Å²) in [7, 11) is 0. The van der Waals surface area contributed by atoms with Crippen LogP contribution in [0.5, 0.6) is 5.75 Å². The molecule has 2 aromatic carbocycles. The number of hydrogen-bond acceptors (Lipinski definition) is 6. The van der Waals surface area contributed by atoms with Crippen LogP contribution in [0.4, 0.5) is 5.69 Å². The highest BCUT2D eigenvalue weighted by molar-refractivity contribution is 7.80. The van der Waals surface area contributed by atoms with E-state index in [9.17, 15) is 9.90 Å². The number of rotatable bonds is 9. The standard InChI is InChI=1S/C23H25N5O2S2/c29-20-10-5-17(6-11-20)14-21-22(30)28(23(32)24-21)19-8-3-16(4-9-19)2-7-18-15-27(26-25-18)12-1-13-31/h3-6,8-11,15,21,29,31H,1-2,7,12-14H2,(H,24,32). The molecule has 0 saturated carbocycles. The Morgan fingerprint density at radius 2 is 1.78 bits per heavy atom. The van der Waals surface area contributed by atoms with Crippen molar-refractivity contribution < 1.29 is 9.90 Å². The quantitative estimate of drug-likeness (QED) is 0.332. The summed E-state index contributed by atoms with van der Waals surface area (Å²) in [6.45, 7) is 0.830. The minimum atomic E-state index is -0.420. The second-order valence-electron chi connectivity index (χ2n) is 7.76. The van der Waals surface area contributed by atoms with E-state index < -0.39 is 6.04 Å². The number of aryl methyl sites for hydroxylation is 3. The summed E-state index contributed by atoms with van der Waals surface area (Å²) < 4.78 is 1.86. The Morgan fingerprint density at radius 3 is 2.50 bits per heavy atom. The van der Waals surface area contributed by atoms with Crippen LogP contribution >= 0.6 is 24.8 Å². The lowest BCUT2D eigenvalue weighted by Crippen LogP contribution is -2.32. The molecule has 0 bridgehead atoms. The molecule has 1 unspecified atom stereocenters. The highest BCUT2D eigenvalue weighted by atomic mass is 32.1. The van der Waals surface area contributed by atoms with Gasteiger partial charge in [0, 0.05) is 19.2 Å². The second kappa shape index (κ2) is 10.1. The third kappa shape index (κ3) is 5.28. The number of anilines is 1. The molecule has 1 saturated heterocycles. The van der Waals surface area contributed by atoms with Gasteiger partial charge in [-0.2, -0.15) is 12.6 Å². The normalized spacial score (nSPS) is 15.9. The van der Waals surface area contributed by atoms with Gasteiger partial charge in [-0.1, -0.05) is 29.5 Å². The number of carbonyl (C=O) groups excluding carboxylic acids is 1. The van der Waals surface area contributed by atoms with E-state index in [1.165, 1.54) is 0 Å². The first-order valence-electron chi connectivity index (χ1n) is 10.5. The summed E-state index contributed by atoms with van der Waals surface area (Å²) in [5.41, 5.74) is 3.83. The Labute approximate surface area is 197 Å². The molecule has 3 aromatic rings. The highest BCUT2D eigenvalue weighted by Gasteiger charge is 2.36. The van der Waals surface area contributed by atoms with Crippen molar-refractivity contribution >= 4 is 41.6 Å². The molecule has 32 heavy (non-hydrogen) atoms. The SMILES string of the molecule is O=C1C(Cc2ccc(O)cc2)NC(=S)N1c1ccc(CCc2cn(CCCS)nn2)cc1. The maximum Gasteiger partial charge on any atom is 0.256 e. The number of phenols is 1. The van der Waals surface area contributed by atoms with E-state index in [4.69, 9.17) is 12.2 Å². The van der Waals surface area contributed by atoms with E-state index in [1.54, 1.807) is 17.0 Å². The van der Waals surface area contributed by atoms with Crippen molar-refractivity contribution in [3.63, 3.8) is 0 Å². The monoisotopic (exact) mass is 467 g/mol. The van der Waals surface area contributed by atoms with E-state index in [-0.39, 0.29) is 11.7 Å². The van der Waals surface area contributed by atoms with Crippen molar-refractivity contribution in [3.05, 3.63) is 71.5 Å².